The van der Waals surface area contributed by atoms with Gasteiger partial charge in [-0.15, -0.1) is 22.7 Å². The summed E-state index contributed by atoms with van der Waals surface area (Å²) in [4.78, 5) is 33.2. The quantitative estimate of drug-likeness (QED) is 0.493. The van der Waals surface area contributed by atoms with Gasteiger partial charge in [0.15, 0.2) is 5.13 Å². The molecule has 2 heterocycles. The van der Waals surface area contributed by atoms with Gasteiger partial charge in [0.1, 0.15) is 5.75 Å². The van der Waals surface area contributed by atoms with Crippen molar-refractivity contribution in [2.45, 2.75) is 33.8 Å². The predicted octanol–water partition coefficient (Wildman–Crippen LogP) is 4.38. The number of primary amides is 1. The van der Waals surface area contributed by atoms with Gasteiger partial charge in [-0.1, -0.05) is 0 Å². The molecule has 0 bridgehead atoms. The summed E-state index contributed by atoms with van der Waals surface area (Å²) in [6.45, 7) is 7.71. The lowest BCUT2D eigenvalue weighted by atomic mass is 10.1. The van der Waals surface area contributed by atoms with E-state index < -0.39 is 11.9 Å². The van der Waals surface area contributed by atoms with E-state index in [4.69, 9.17) is 15.2 Å². The van der Waals surface area contributed by atoms with Crippen LogP contribution in [-0.2, 0) is 4.74 Å². The van der Waals surface area contributed by atoms with Crippen LogP contribution >= 0.6 is 22.7 Å². The molecule has 3 N–H and O–H groups in total. The van der Waals surface area contributed by atoms with Crippen LogP contribution in [0.3, 0.4) is 0 Å². The number of nitrogens with two attached hydrogens (primary N) is 1. The highest BCUT2D eigenvalue weighted by atomic mass is 32.1. The number of carbonyl (C=O) groups excluding carboxylic acids is 2. The number of hydrogen-bond donors (Lipinski definition) is 2. The van der Waals surface area contributed by atoms with Crippen LogP contribution < -0.4 is 15.8 Å². The van der Waals surface area contributed by atoms with E-state index in [-0.39, 0.29) is 6.10 Å². The van der Waals surface area contributed by atoms with Crippen molar-refractivity contribution in [2.75, 3.05) is 11.9 Å². The van der Waals surface area contributed by atoms with E-state index in [0.717, 1.165) is 4.88 Å². The maximum Gasteiger partial charge on any atom is 0.367 e. The largest absolute Gasteiger partial charge is 0.489 e. The highest BCUT2D eigenvalue weighted by Crippen LogP contribution is 2.35. The van der Waals surface area contributed by atoms with Crippen molar-refractivity contribution in [1.82, 2.24) is 9.97 Å². The first-order valence-electron chi connectivity index (χ1n) is 9.26. The fourth-order valence-electron chi connectivity index (χ4n) is 2.60. The molecule has 0 spiro atoms. The van der Waals surface area contributed by atoms with Gasteiger partial charge in [0.05, 0.1) is 34.7 Å². The molecule has 3 rings (SSSR count). The summed E-state index contributed by atoms with van der Waals surface area (Å²) in [5.41, 5.74) is 7.77. The van der Waals surface area contributed by atoms with Crippen LogP contribution in [0.15, 0.2) is 23.6 Å². The monoisotopic (exact) mass is 446 g/mol. The number of hydrogen-bond acceptors (Lipinski definition) is 9. The van der Waals surface area contributed by atoms with Crippen molar-refractivity contribution in [3.05, 3.63) is 39.8 Å². The van der Waals surface area contributed by atoms with Crippen LogP contribution in [0.5, 0.6) is 5.75 Å². The summed E-state index contributed by atoms with van der Waals surface area (Å²) >= 11 is 2.63. The summed E-state index contributed by atoms with van der Waals surface area (Å²) in [6, 6.07) is 4.96. The highest BCUT2D eigenvalue weighted by molar-refractivity contribution is 7.18. The van der Waals surface area contributed by atoms with Gasteiger partial charge < -0.3 is 20.5 Å². The number of rotatable bonds is 8. The number of amides is 1. The summed E-state index contributed by atoms with van der Waals surface area (Å²) in [5.74, 6) is -0.379. The lowest BCUT2D eigenvalue weighted by Crippen LogP contribution is -2.12. The Morgan fingerprint density at radius 2 is 2.03 bits per heavy atom. The SMILES string of the molecule is CCOC(=O)c1nc(C)c(-c2csc(Nc3cc(C(N)=O)ccc3OC(C)C)n2)s1. The Balaban J connectivity index is 1.88. The minimum atomic E-state index is -0.527. The standard InChI is InChI=1S/C20H22N4O4S2/c1-5-27-19(26)18-22-11(4)16(30-18)14-9-29-20(24-14)23-13-8-12(17(21)25)6-7-15(13)28-10(2)3/h6-10H,5H2,1-4H3,(H2,21,25)(H,23,24). The summed E-state index contributed by atoms with van der Waals surface area (Å²) in [7, 11) is 0. The first-order chi connectivity index (χ1) is 14.3. The summed E-state index contributed by atoms with van der Waals surface area (Å²) in [5, 5.41) is 5.98. The number of carbonyl (C=O) groups is 2. The lowest BCUT2D eigenvalue weighted by Gasteiger charge is -2.15. The Morgan fingerprint density at radius 1 is 1.27 bits per heavy atom. The molecule has 0 saturated heterocycles. The van der Waals surface area contributed by atoms with Gasteiger partial charge in [0.2, 0.25) is 10.9 Å². The fourth-order valence-corrected chi connectivity index (χ4v) is 4.31. The second kappa shape index (κ2) is 9.23. The molecule has 158 valence electrons. The number of benzene rings is 1. The van der Waals surface area contributed by atoms with Crippen LogP contribution in [0.1, 0.15) is 46.6 Å². The molecule has 0 saturated carbocycles. The first-order valence-corrected chi connectivity index (χ1v) is 11.0. The molecule has 0 aliphatic carbocycles. The number of anilines is 2. The van der Waals surface area contributed by atoms with Crippen LogP contribution in [0.4, 0.5) is 10.8 Å². The Morgan fingerprint density at radius 3 is 2.70 bits per heavy atom. The Kier molecular flexibility index (Phi) is 6.68. The van der Waals surface area contributed by atoms with Crippen molar-refractivity contribution in [1.29, 1.82) is 0 Å². The summed E-state index contributed by atoms with van der Waals surface area (Å²) < 4.78 is 10.8. The van der Waals surface area contributed by atoms with Gasteiger partial charge in [0, 0.05) is 10.9 Å². The maximum absolute atomic E-state index is 11.9. The molecular weight excluding hydrogens is 424 g/mol. The molecule has 3 aromatic rings. The van der Waals surface area contributed by atoms with Gasteiger partial charge in [-0.05, 0) is 45.9 Å². The Hall–Kier alpha value is -2.98. The zero-order valence-corrected chi connectivity index (χ0v) is 18.6. The van der Waals surface area contributed by atoms with Gasteiger partial charge in [0.25, 0.3) is 0 Å². The van der Waals surface area contributed by atoms with Crippen LogP contribution in [0.25, 0.3) is 10.6 Å². The normalized spacial score (nSPS) is 10.8. The highest BCUT2D eigenvalue weighted by Gasteiger charge is 2.19. The van der Waals surface area contributed by atoms with Gasteiger partial charge in [-0.2, -0.15) is 0 Å². The minimum absolute atomic E-state index is 0.0435. The van der Waals surface area contributed by atoms with E-state index in [1.54, 1.807) is 25.1 Å². The molecule has 8 nitrogen and oxygen atoms in total. The first kappa shape index (κ1) is 21.7. The van der Waals surface area contributed by atoms with Crippen LogP contribution in [-0.4, -0.2) is 34.6 Å². The molecule has 0 radical (unpaired) electrons. The van der Waals surface area contributed by atoms with Crippen LogP contribution in [0, 0.1) is 6.92 Å². The number of esters is 1. The molecule has 1 amide bonds. The fraction of sp³-hybridized carbons (Fsp3) is 0.300. The number of aromatic nitrogens is 2. The number of aryl methyl sites for hydroxylation is 1. The van der Waals surface area contributed by atoms with Crippen molar-refractivity contribution in [3.63, 3.8) is 0 Å². The van der Waals surface area contributed by atoms with Crippen molar-refractivity contribution < 1.29 is 19.1 Å². The molecule has 0 aliphatic heterocycles. The van der Waals surface area contributed by atoms with E-state index in [9.17, 15) is 9.59 Å². The number of ether oxygens (including phenoxy) is 2. The average molecular weight is 447 g/mol. The molecule has 0 unspecified atom stereocenters. The lowest BCUT2D eigenvalue weighted by molar-refractivity contribution is 0.0525. The smallest absolute Gasteiger partial charge is 0.367 e. The maximum atomic E-state index is 11.9. The molecule has 10 heteroatoms. The number of nitrogens with one attached hydrogen (secondary N) is 1. The second-order valence-corrected chi connectivity index (χ2v) is 8.42. The zero-order valence-electron chi connectivity index (χ0n) is 17.0. The Labute approximate surface area is 182 Å². The van der Waals surface area contributed by atoms with E-state index >= 15 is 0 Å². The van der Waals surface area contributed by atoms with Gasteiger partial charge >= 0.3 is 5.97 Å². The molecule has 2 aromatic heterocycles. The third kappa shape index (κ3) is 4.95. The van der Waals surface area contributed by atoms with Gasteiger partial charge in [-0.3, -0.25) is 4.79 Å². The van der Waals surface area contributed by atoms with Crippen LogP contribution in [0.2, 0.25) is 0 Å². The topological polar surface area (TPSA) is 116 Å². The minimum Gasteiger partial charge on any atom is -0.489 e. The van der Waals surface area contributed by atoms with Gasteiger partial charge in [-0.25, -0.2) is 14.8 Å². The van der Waals surface area contributed by atoms with E-state index in [2.05, 4.69) is 15.3 Å². The van der Waals surface area contributed by atoms with E-state index in [1.165, 1.54) is 22.7 Å². The van der Waals surface area contributed by atoms with Crippen molar-refractivity contribution >= 4 is 45.4 Å². The summed E-state index contributed by atoms with van der Waals surface area (Å²) in [6.07, 6.45) is -0.0435. The molecule has 0 aliphatic rings. The van der Waals surface area contributed by atoms with Crippen molar-refractivity contribution in [3.8, 4) is 16.3 Å². The second-order valence-electron chi connectivity index (χ2n) is 6.56. The Bertz CT molecular complexity index is 1070. The number of nitrogens with zero attached hydrogens (tertiary/aromatic N) is 2. The molecular formula is C20H22N4O4S2. The molecule has 0 atom stereocenters. The van der Waals surface area contributed by atoms with E-state index in [1.807, 2.05) is 26.2 Å². The molecule has 1 aromatic carbocycles. The average Bonchev–Trinajstić information content (AvgIpc) is 3.29. The van der Waals surface area contributed by atoms with E-state index in [0.29, 0.717) is 45.1 Å². The van der Waals surface area contributed by atoms with Crippen molar-refractivity contribution in [2.24, 2.45) is 5.73 Å². The third-order valence-electron chi connectivity index (χ3n) is 3.85. The molecule has 0 fully saturated rings. The third-order valence-corrected chi connectivity index (χ3v) is 5.77. The molecule has 30 heavy (non-hydrogen) atoms. The number of thiazole rings is 2. The zero-order chi connectivity index (χ0) is 21.8. The predicted molar refractivity (Wildman–Crippen MR) is 118 cm³/mol.